The first kappa shape index (κ1) is 23.4. The van der Waals surface area contributed by atoms with Crippen molar-refractivity contribution >= 4 is 5.91 Å². The number of hydrogen-bond acceptors (Lipinski definition) is 4. The SMILES string of the molecule is C=CCn1nc(C(=O)N2CCOCC2)c2c1CCC(NCc1ccc(C(F)(F)F)cc1F)C2. The number of morpholine rings is 1. The topological polar surface area (TPSA) is 59.4 Å². The van der Waals surface area contributed by atoms with Gasteiger partial charge in [0.05, 0.1) is 25.3 Å². The lowest BCUT2D eigenvalue weighted by molar-refractivity contribution is -0.137. The predicted octanol–water partition coefficient (Wildman–Crippen LogP) is 3.35. The van der Waals surface area contributed by atoms with Crippen LogP contribution in [0.1, 0.15) is 39.3 Å². The van der Waals surface area contributed by atoms with Gasteiger partial charge < -0.3 is 15.0 Å². The molecule has 0 saturated carbocycles. The highest BCUT2D eigenvalue weighted by atomic mass is 19.4. The number of halogens is 4. The zero-order valence-corrected chi connectivity index (χ0v) is 18.1. The number of carbonyl (C=O) groups is 1. The fraction of sp³-hybridized carbons (Fsp3) is 0.478. The molecule has 2 aromatic rings. The summed E-state index contributed by atoms with van der Waals surface area (Å²) in [6, 6.07) is 2.51. The van der Waals surface area contributed by atoms with E-state index in [1.807, 2.05) is 4.68 Å². The Kier molecular flexibility index (Phi) is 6.85. The summed E-state index contributed by atoms with van der Waals surface area (Å²) in [6.07, 6.45) is -0.904. The second-order valence-electron chi connectivity index (χ2n) is 8.27. The first-order chi connectivity index (χ1) is 15.8. The van der Waals surface area contributed by atoms with Crippen LogP contribution in [0.3, 0.4) is 0 Å². The van der Waals surface area contributed by atoms with Crippen molar-refractivity contribution in [1.29, 1.82) is 0 Å². The summed E-state index contributed by atoms with van der Waals surface area (Å²) >= 11 is 0. The molecule has 1 N–H and O–H groups in total. The summed E-state index contributed by atoms with van der Waals surface area (Å²) in [4.78, 5) is 14.9. The van der Waals surface area contributed by atoms with E-state index in [1.165, 1.54) is 0 Å². The summed E-state index contributed by atoms with van der Waals surface area (Å²) in [5.41, 5.74) is 1.43. The van der Waals surface area contributed by atoms with Crippen LogP contribution in [0, 0.1) is 5.82 Å². The third-order valence-electron chi connectivity index (χ3n) is 6.11. The molecule has 1 saturated heterocycles. The van der Waals surface area contributed by atoms with Crippen LogP contribution in [-0.4, -0.2) is 52.9 Å². The largest absolute Gasteiger partial charge is 0.416 e. The number of alkyl halides is 3. The molecule has 1 fully saturated rings. The van der Waals surface area contributed by atoms with E-state index in [0.717, 1.165) is 29.8 Å². The lowest BCUT2D eigenvalue weighted by Gasteiger charge is -2.28. The molecule has 1 aliphatic carbocycles. The van der Waals surface area contributed by atoms with Gasteiger partial charge in [0.1, 0.15) is 5.82 Å². The van der Waals surface area contributed by atoms with Crippen LogP contribution in [0.25, 0.3) is 0 Å². The van der Waals surface area contributed by atoms with E-state index in [2.05, 4.69) is 17.0 Å². The van der Waals surface area contributed by atoms with Gasteiger partial charge in [-0.05, 0) is 31.4 Å². The summed E-state index contributed by atoms with van der Waals surface area (Å²) in [6.45, 7) is 6.36. The van der Waals surface area contributed by atoms with Crippen LogP contribution >= 0.6 is 0 Å². The van der Waals surface area contributed by atoms with Gasteiger partial charge in [-0.3, -0.25) is 9.48 Å². The Bertz CT molecular complexity index is 1030. The Morgan fingerprint density at radius 3 is 2.73 bits per heavy atom. The first-order valence-electron chi connectivity index (χ1n) is 10.9. The molecule has 1 aromatic heterocycles. The molecule has 10 heteroatoms. The number of carbonyl (C=O) groups excluding carboxylic acids is 1. The number of nitrogens with one attached hydrogen (secondary N) is 1. The second kappa shape index (κ2) is 9.64. The lowest BCUT2D eigenvalue weighted by atomic mass is 9.90. The van der Waals surface area contributed by atoms with Gasteiger partial charge in [0.15, 0.2) is 5.69 Å². The first-order valence-corrected chi connectivity index (χ1v) is 10.9. The molecular formula is C23H26F4N4O2. The molecule has 1 atom stereocenters. The van der Waals surface area contributed by atoms with Crippen molar-refractivity contribution < 1.29 is 27.1 Å². The predicted molar refractivity (Wildman–Crippen MR) is 113 cm³/mol. The third kappa shape index (κ3) is 5.11. The van der Waals surface area contributed by atoms with E-state index in [1.54, 1.807) is 11.0 Å². The molecule has 33 heavy (non-hydrogen) atoms. The molecular weight excluding hydrogens is 440 g/mol. The van der Waals surface area contributed by atoms with Crippen LogP contribution < -0.4 is 5.32 Å². The number of fused-ring (bicyclic) bond motifs is 1. The van der Waals surface area contributed by atoms with E-state index in [-0.39, 0.29) is 24.1 Å². The monoisotopic (exact) mass is 466 g/mol. The van der Waals surface area contributed by atoms with Crippen LogP contribution in [-0.2, 0) is 36.8 Å². The van der Waals surface area contributed by atoms with Gasteiger partial charge in [-0.15, -0.1) is 6.58 Å². The molecule has 0 radical (unpaired) electrons. The maximum absolute atomic E-state index is 14.2. The van der Waals surface area contributed by atoms with E-state index in [4.69, 9.17) is 4.74 Å². The van der Waals surface area contributed by atoms with Crippen molar-refractivity contribution in [3.8, 4) is 0 Å². The zero-order valence-electron chi connectivity index (χ0n) is 18.1. The zero-order chi connectivity index (χ0) is 23.6. The maximum atomic E-state index is 14.2. The quantitative estimate of drug-likeness (QED) is 0.524. The summed E-state index contributed by atoms with van der Waals surface area (Å²) in [5, 5.41) is 7.82. The molecule has 4 rings (SSSR count). The highest BCUT2D eigenvalue weighted by Crippen LogP contribution is 2.30. The lowest BCUT2D eigenvalue weighted by Crippen LogP contribution is -2.41. The second-order valence-corrected chi connectivity index (χ2v) is 8.27. The molecule has 2 heterocycles. The van der Waals surface area contributed by atoms with Crippen LogP contribution in [0.5, 0.6) is 0 Å². The number of allylic oxidation sites excluding steroid dienone is 1. The minimum Gasteiger partial charge on any atom is -0.378 e. The normalized spacial score (nSPS) is 18.8. The summed E-state index contributed by atoms with van der Waals surface area (Å²) in [7, 11) is 0. The number of rotatable bonds is 6. The van der Waals surface area contributed by atoms with Gasteiger partial charge in [0.25, 0.3) is 5.91 Å². The van der Waals surface area contributed by atoms with E-state index in [0.29, 0.717) is 57.4 Å². The molecule has 1 amide bonds. The van der Waals surface area contributed by atoms with Crippen molar-refractivity contribution in [3.63, 3.8) is 0 Å². The van der Waals surface area contributed by atoms with Crippen molar-refractivity contribution in [3.05, 3.63) is 64.7 Å². The number of benzene rings is 1. The van der Waals surface area contributed by atoms with Crippen LogP contribution in [0.15, 0.2) is 30.9 Å². The Hall–Kier alpha value is -2.72. The average Bonchev–Trinajstić information content (AvgIpc) is 3.15. The Balaban J connectivity index is 1.49. The molecule has 2 aliphatic rings. The third-order valence-corrected chi connectivity index (χ3v) is 6.11. The molecule has 1 aromatic carbocycles. The highest BCUT2D eigenvalue weighted by Gasteiger charge is 2.33. The number of nitrogens with zero attached hydrogens (tertiary/aromatic N) is 3. The van der Waals surface area contributed by atoms with Crippen LogP contribution in [0.4, 0.5) is 17.6 Å². The Morgan fingerprint density at radius 1 is 1.30 bits per heavy atom. The van der Waals surface area contributed by atoms with Gasteiger partial charge in [-0.1, -0.05) is 12.1 Å². The van der Waals surface area contributed by atoms with Crippen molar-refractivity contribution in [1.82, 2.24) is 20.0 Å². The molecule has 1 aliphatic heterocycles. The molecule has 178 valence electrons. The van der Waals surface area contributed by atoms with Gasteiger partial charge in [-0.2, -0.15) is 18.3 Å². The minimum absolute atomic E-state index is 0.0585. The highest BCUT2D eigenvalue weighted by molar-refractivity contribution is 5.94. The number of ether oxygens (including phenoxy) is 1. The maximum Gasteiger partial charge on any atom is 0.416 e. The van der Waals surface area contributed by atoms with E-state index < -0.39 is 17.6 Å². The van der Waals surface area contributed by atoms with Gasteiger partial charge in [0, 0.05) is 42.5 Å². The fourth-order valence-electron chi connectivity index (χ4n) is 4.34. The smallest absolute Gasteiger partial charge is 0.378 e. The van der Waals surface area contributed by atoms with Gasteiger partial charge in [-0.25, -0.2) is 4.39 Å². The molecule has 0 bridgehead atoms. The van der Waals surface area contributed by atoms with Gasteiger partial charge in [0.2, 0.25) is 0 Å². The van der Waals surface area contributed by atoms with Crippen LogP contribution in [0.2, 0.25) is 0 Å². The van der Waals surface area contributed by atoms with E-state index in [9.17, 15) is 22.4 Å². The van der Waals surface area contributed by atoms with Gasteiger partial charge >= 0.3 is 6.18 Å². The number of amides is 1. The van der Waals surface area contributed by atoms with Crippen molar-refractivity contribution in [2.75, 3.05) is 26.3 Å². The Labute approximate surface area is 189 Å². The minimum atomic E-state index is -4.58. The van der Waals surface area contributed by atoms with Crippen molar-refractivity contribution in [2.24, 2.45) is 0 Å². The molecule has 1 unspecified atom stereocenters. The average molecular weight is 466 g/mol. The van der Waals surface area contributed by atoms with Crippen molar-refractivity contribution in [2.45, 2.75) is 44.6 Å². The fourth-order valence-corrected chi connectivity index (χ4v) is 4.34. The number of hydrogen-bond donors (Lipinski definition) is 1. The summed E-state index contributed by atoms with van der Waals surface area (Å²) in [5.74, 6) is -1.03. The molecule has 6 nitrogen and oxygen atoms in total. The number of aromatic nitrogens is 2. The Morgan fingerprint density at radius 2 is 2.06 bits per heavy atom. The molecule has 0 spiro atoms. The van der Waals surface area contributed by atoms with E-state index >= 15 is 0 Å². The summed E-state index contributed by atoms with van der Waals surface area (Å²) < 4.78 is 59.7. The standard InChI is InChI=1S/C23H26F4N4O2/c1-2-7-31-20-6-5-17(28-14-15-3-4-16(12-19(15)24)23(25,26)27)13-18(20)21(29-31)22(32)30-8-10-33-11-9-30/h2-4,12,17,28H,1,5-11,13-14H2.